The van der Waals surface area contributed by atoms with Gasteiger partial charge < -0.3 is 0 Å². The summed E-state index contributed by atoms with van der Waals surface area (Å²) in [6.07, 6.45) is 7.79. The van der Waals surface area contributed by atoms with Gasteiger partial charge in [-0.1, -0.05) is 0 Å². The summed E-state index contributed by atoms with van der Waals surface area (Å²) in [5.41, 5.74) is 2.13. The minimum atomic E-state index is -3.37. The average Bonchev–Trinajstić information content (AvgIpc) is 3.16. The van der Waals surface area contributed by atoms with Crippen molar-refractivity contribution in [3.8, 4) is 16.9 Å². The first kappa shape index (κ1) is 15.5. The number of nitrogens with zero attached hydrogens (tertiary/aromatic N) is 4. The Morgan fingerprint density at radius 3 is 2.87 bits per heavy atom. The predicted octanol–water partition coefficient (Wildman–Crippen LogP) is 1.62. The summed E-state index contributed by atoms with van der Waals surface area (Å²) in [6.45, 7) is 0. The normalized spacial score (nSPS) is 11.5. The molecular formula is C14H12N4O3S2. The minimum absolute atomic E-state index is 0.180. The molecule has 118 valence electrons. The number of rotatable bonds is 5. The smallest absolute Gasteiger partial charge is 0.206 e. The lowest BCUT2D eigenvalue weighted by Crippen LogP contribution is -2.14. The number of hydrogen-bond donors (Lipinski definition) is 0. The first-order valence-corrected chi connectivity index (χ1v) is 9.48. The van der Waals surface area contributed by atoms with Crippen LogP contribution in [0.2, 0.25) is 0 Å². The van der Waals surface area contributed by atoms with Crippen LogP contribution in [0.15, 0.2) is 42.3 Å². The Bertz CT molecular complexity index is 945. The molecule has 0 spiro atoms. The third-order valence-corrected chi connectivity index (χ3v) is 4.59. The number of carbonyl (C=O) groups is 1. The highest BCUT2D eigenvalue weighted by Gasteiger charge is 2.17. The van der Waals surface area contributed by atoms with E-state index in [0.717, 1.165) is 28.8 Å². The number of thiazole rings is 1. The summed E-state index contributed by atoms with van der Waals surface area (Å²) >= 11 is 1.12. The van der Waals surface area contributed by atoms with Crippen molar-refractivity contribution in [3.63, 3.8) is 0 Å². The van der Waals surface area contributed by atoms with Gasteiger partial charge in [0.2, 0.25) is 5.78 Å². The molecule has 0 aromatic carbocycles. The molecule has 0 bridgehead atoms. The summed E-state index contributed by atoms with van der Waals surface area (Å²) in [5, 5.41) is 6.13. The molecule has 7 nitrogen and oxygen atoms in total. The van der Waals surface area contributed by atoms with Gasteiger partial charge in [-0.3, -0.25) is 9.78 Å². The van der Waals surface area contributed by atoms with E-state index in [9.17, 15) is 13.2 Å². The molecule has 0 atom stereocenters. The number of sulfone groups is 1. The maximum Gasteiger partial charge on any atom is 0.206 e. The van der Waals surface area contributed by atoms with E-state index in [4.69, 9.17) is 0 Å². The fourth-order valence-electron chi connectivity index (χ4n) is 1.92. The molecule has 0 N–H and O–H groups in total. The van der Waals surface area contributed by atoms with Crippen LogP contribution in [0, 0.1) is 0 Å². The Balaban J connectivity index is 1.84. The molecule has 0 amide bonds. The monoisotopic (exact) mass is 348 g/mol. The first-order valence-electron chi connectivity index (χ1n) is 6.54. The van der Waals surface area contributed by atoms with E-state index >= 15 is 0 Å². The zero-order valence-electron chi connectivity index (χ0n) is 12.1. The number of pyridine rings is 1. The van der Waals surface area contributed by atoms with Crippen molar-refractivity contribution in [1.29, 1.82) is 0 Å². The topological polar surface area (TPSA) is 94.8 Å². The molecule has 9 heteroatoms. The Morgan fingerprint density at radius 2 is 2.17 bits per heavy atom. The van der Waals surface area contributed by atoms with E-state index in [0.29, 0.717) is 5.69 Å². The van der Waals surface area contributed by atoms with Crippen LogP contribution in [0.25, 0.3) is 16.9 Å². The SMILES string of the molecule is CS(=O)(=O)CC(=O)c1nc(-c2cnn(-c3cccnc3)c2)cs1. The molecule has 0 fully saturated rings. The van der Waals surface area contributed by atoms with Crippen LogP contribution in [0.3, 0.4) is 0 Å². The van der Waals surface area contributed by atoms with Gasteiger partial charge in [-0.25, -0.2) is 18.1 Å². The van der Waals surface area contributed by atoms with Crippen molar-refractivity contribution in [1.82, 2.24) is 19.7 Å². The predicted molar refractivity (Wildman–Crippen MR) is 86.5 cm³/mol. The number of aromatic nitrogens is 4. The maximum absolute atomic E-state index is 11.9. The van der Waals surface area contributed by atoms with Gasteiger partial charge in [0.1, 0.15) is 5.75 Å². The molecule has 3 aromatic heterocycles. The maximum atomic E-state index is 11.9. The molecule has 0 radical (unpaired) electrons. The van der Waals surface area contributed by atoms with Crippen LogP contribution < -0.4 is 0 Å². The highest BCUT2D eigenvalue weighted by molar-refractivity contribution is 7.91. The van der Waals surface area contributed by atoms with E-state index in [-0.39, 0.29) is 5.01 Å². The van der Waals surface area contributed by atoms with E-state index in [1.54, 1.807) is 34.8 Å². The quantitative estimate of drug-likeness (QED) is 0.650. The Kier molecular flexibility index (Phi) is 4.05. The standard InChI is InChI=1S/C14H12N4O3S2/c1-23(20,21)9-13(19)14-17-12(8-22-14)10-5-16-18(7-10)11-3-2-4-15-6-11/h2-8H,9H2,1H3. The largest absolute Gasteiger partial charge is 0.290 e. The molecule has 3 rings (SSSR count). The van der Waals surface area contributed by atoms with E-state index < -0.39 is 21.4 Å². The van der Waals surface area contributed by atoms with Gasteiger partial charge in [0.25, 0.3) is 0 Å². The lowest BCUT2D eigenvalue weighted by atomic mass is 10.3. The molecule has 0 aliphatic rings. The van der Waals surface area contributed by atoms with Crippen molar-refractivity contribution >= 4 is 27.0 Å². The molecular weight excluding hydrogens is 336 g/mol. The van der Waals surface area contributed by atoms with Crippen LogP contribution in [-0.2, 0) is 9.84 Å². The van der Waals surface area contributed by atoms with Crippen LogP contribution in [0.5, 0.6) is 0 Å². The van der Waals surface area contributed by atoms with Crippen molar-refractivity contribution in [2.75, 3.05) is 12.0 Å². The highest BCUT2D eigenvalue weighted by atomic mass is 32.2. The van der Waals surface area contributed by atoms with Crippen LogP contribution in [-0.4, -0.2) is 46.0 Å². The number of carbonyl (C=O) groups excluding carboxylic acids is 1. The average molecular weight is 348 g/mol. The minimum Gasteiger partial charge on any atom is -0.290 e. The molecule has 0 saturated heterocycles. The van der Waals surface area contributed by atoms with E-state index in [2.05, 4.69) is 15.1 Å². The summed E-state index contributed by atoms with van der Waals surface area (Å²) in [7, 11) is -3.37. The van der Waals surface area contributed by atoms with Crippen molar-refractivity contribution < 1.29 is 13.2 Å². The van der Waals surface area contributed by atoms with Crippen molar-refractivity contribution in [2.24, 2.45) is 0 Å². The van der Waals surface area contributed by atoms with Crippen molar-refractivity contribution in [2.45, 2.75) is 0 Å². The van der Waals surface area contributed by atoms with Crippen LogP contribution >= 0.6 is 11.3 Å². The summed E-state index contributed by atoms with van der Waals surface area (Å²) in [6, 6.07) is 3.67. The molecule has 0 aliphatic heterocycles. The van der Waals surface area contributed by atoms with Gasteiger partial charge in [-0.05, 0) is 12.1 Å². The second-order valence-corrected chi connectivity index (χ2v) is 7.91. The lowest BCUT2D eigenvalue weighted by molar-refractivity contribution is 0.102. The van der Waals surface area contributed by atoms with Gasteiger partial charge in [0.15, 0.2) is 14.8 Å². The third kappa shape index (κ3) is 3.69. The fraction of sp³-hybridized carbons (Fsp3) is 0.143. The summed E-state index contributed by atoms with van der Waals surface area (Å²) in [5.74, 6) is -1.03. The van der Waals surface area contributed by atoms with Gasteiger partial charge in [-0.15, -0.1) is 11.3 Å². The zero-order valence-corrected chi connectivity index (χ0v) is 13.7. The fourth-order valence-corrected chi connectivity index (χ4v) is 3.39. The number of hydrogen-bond acceptors (Lipinski definition) is 7. The number of ketones is 1. The molecule has 0 unspecified atom stereocenters. The second kappa shape index (κ2) is 6.01. The Morgan fingerprint density at radius 1 is 1.35 bits per heavy atom. The van der Waals surface area contributed by atoms with E-state index in [1.165, 1.54) is 0 Å². The molecule has 0 saturated carbocycles. The van der Waals surface area contributed by atoms with Crippen LogP contribution in [0.1, 0.15) is 9.80 Å². The van der Waals surface area contributed by atoms with Crippen molar-refractivity contribution in [3.05, 3.63) is 47.3 Å². The lowest BCUT2D eigenvalue weighted by Gasteiger charge is -1.97. The molecule has 0 aliphatic carbocycles. The Labute approximate surface area is 136 Å². The first-order chi connectivity index (χ1) is 10.9. The van der Waals surface area contributed by atoms with Crippen LogP contribution in [0.4, 0.5) is 0 Å². The molecule has 3 aromatic rings. The van der Waals surface area contributed by atoms with Gasteiger partial charge in [0, 0.05) is 29.6 Å². The Hall–Kier alpha value is -2.39. The third-order valence-electron chi connectivity index (χ3n) is 2.92. The summed E-state index contributed by atoms with van der Waals surface area (Å²) < 4.78 is 24.0. The molecule has 3 heterocycles. The second-order valence-electron chi connectivity index (χ2n) is 4.92. The van der Waals surface area contributed by atoms with E-state index in [1.807, 2.05) is 12.1 Å². The molecule has 23 heavy (non-hydrogen) atoms. The van der Waals surface area contributed by atoms with Gasteiger partial charge >= 0.3 is 0 Å². The number of Topliss-reactive ketones (excluding diaryl/α,β-unsaturated/α-hetero) is 1. The van der Waals surface area contributed by atoms with Gasteiger partial charge in [0.05, 0.1) is 23.8 Å². The highest BCUT2D eigenvalue weighted by Crippen LogP contribution is 2.22. The van der Waals surface area contributed by atoms with Gasteiger partial charge in [-0.2, -0.15) is 5.10 Å². The zero-order chi connectivity index (χ0) is 16.4. The summed E-state index contributed by atoms with van der Waals surface area (Å²) in [4.78, 5) is 20.1.